The van der Waals surface area contributed by atoms with Crippen LogP contribution in [0.1, 0.15) is 25.0 Å². The minimum absolute atomic E-state index is 0.0729. The second-order valence-electron chi connectivity index (χ2n) is 6.57. The number of phenols is 1. The van der Waals surface area contributed by atoms with E-state index in [-0.39, 0.29) is 24.9 Å². The smallest absolute Gasteiger partial charge is 0.344 e. The lowest BCUT2D eigenvalue weighted by atomic mass is 10.1. The van der Waals surface area contributed by atoms with Crippen molar-refractivity contribution in [2.24, 2.45) is 5.92 Å². The third kappa shape index (κ3) is 7.44. The minimum atomic E-state index is -0.424. The second kappa shape index (κ2) is 10.3. The molecule has 2 aromatic carbocycles. The van der Waals surface area contributed by atoms with Crippen molar-refractivity contribution in [3.05, 3.63) is 65.9 Å². The maximum Gasteiger partial charge on any atom is 0.344 e. The van der Waals surface area contributed by atoms with Crippen molar-refractivity contribution in [1.29, 1.82) is 0 Å². The van der Waals surface area contributed by atoms with Crippen molar-refractivity contribution in [1.82, 2.24) is 0 Å². The lowest BCUT2D eigenvalue weighted by molar-refractivity contribution is -0.148. The predicted octanol–water partition coefficient (Wildman–Crippen LogP) is 4.34. The van der Waals surface area contributed by atoms with Gasteiger partial charge in [0.05, 0.1) is 19.5 Å². The highest BCUT2D eigenvalue weighted by Crippen LogP contribution is 2.17. The first kappa shape index (κ1) is 20.4. The van der Waals surface area contributed by atoms with Crippen LogP contribution < -0.4 is 4.74 Å². The Balaban J connectivity index is 1.66. The molecule has 1 N–H and O–H groups in total. The summed E-state index contributed by atoms with van der Waals surface area (Å²) in [4.78, 5) is 11.8. The molecule has 0 bridgehead atoms. The average Bonchev–Trinajstić information content (AvgIpc) is 2.65. The first-order valence-corrected chi connectivity index (χ1v) is 8.87. The van der Waals surface area contributed by atoms with Gasteiger partial charge in [0.2, 0.25) is 0 Å². The number of allylic oxidation sites excluding steroid dienone is 1. The molecule has 0 spiro atoms. The van der Waals surface area contributed by atoms with Gasteiger partial charge in [-0.05, 0) is 54.8 Å². The third-order valence-corrected chi connectivity index (χ3v) is 3.84. The van der Waals surface area contributed by atoms with Crippen molar-refractivity contribution in [2.45, 2.75) is 20.8 Å². The van der Waals surface area contributed by atoms with E-state index in [1.54, 1.807) is 24.3 Å². The summed E-state index contributed by atoms with van der Waals surface area (Å²) < 4.78 is 16.2. The quantitative estimate of drug-likeness (QED) is 0.525. The fourth-order valence-electron chi connectivity index (χ4n) is 2.30. The molecule has 0 aromatic heterocycles. The molecule has 0 amide bonds. The van der Waals surface area contributed by atoms with E-state index in [0.717, 1.165) is 22.4 Å². The van der Waals surface area contributed by atoms with Gasteiger partial charge in [-0.1, -0.05) is 31.2 Å². The Morgan fingerprint density at radius 2 is 1.89 bits per heavy atom. The molecular formula is C22H26O5. The number of hydrogen-bond donors (Lipinski definition) is 1. The Bertz CT molecular complexity index is 765. The molecule has 0 fully saturated rings. The molecule has 5 heteroatoms. The summed E-state index contributed by atoms with van der Waals surface area (Å²) in [5.41, 5.74) is 2.89. The Labute approximate surface area is 160 Å². The molecule has 0 aliphatic rings. The number of phenolic OH excluding ortho intramolecular Hbond substituents is 1. The maximum absolute atomic E-state index is 11.8. The summed E-state index contributed by atoms with van der Waals surface area (Å²) in [6.45, 7) is 6.42. The average molecular weight is 370 g/mol. The molecule has 5 nitrogen and oxygen atoms in total. The molecule has 1 atom stereocenters. The van der Waals surface area contributed by atoms with E-state index in [0.29, 0.717) is 6.61 Å². The number of hydrogen-bond acceptors (Lipinski definition) is 5. The van der Waals surface area contributed by atoms with Gasteiger partial charge in [-0.25, -0.2) is 4.79 Å². The van der Waals surface area contributed by atoms with Crippen LogP contribution in [0.3, 0.4) is 0 Å². The van der Waals surface area contributed by atoms with Gasteiger partial charge in [0.15, 0.2) is 6.61 Å². The van der Waals surface area contributed by atoms with Gasteiger partial charge >= 0.3 is 5.97 Å². The van der Waals surface area contributed by atoms with Gasteiger partial charge in [-0.3, -0.25) is 0 Å². The summed E-state index contributed by atoms with van der Waals surface area (Å²) in [6, 6.07) is 14.6. The number of esters is 1. The molecule has 0 unspecified atom stereocenters. The van der Waals surface area contributed by atoms with Gasteiger partial charge < -0.3 is 19.3 Å². The predicted molar refractivity (Wildman–Crippen MR) is 105 cm³/mol. The molecule has 0 saturated carbocycles. The fourth-order valence-corrected chi connectivity index (χ4v) is 2.30. The number of ether oxygens (including phenoxy) is 3. The largest absolute Gasteiger partial charge is 0.508 e. The molecule has 2 rings (SSSR count). The van der Waals surface area contributed by atoms with Gasteiger partial charge in [-0.2, -0.15) is 0 Å². The summed E-state index contributed by atoms with van der Waals surface area (Å²) in [5, 5.41) is 9.29. The number of aryl methyl sites for hydroxylation is 1. The topological polar surface area (TPSA) is 65.0 Å². The van der Waals surface area contributed by atoms with Crippen molar-refractivity contribution in [3.63, 3.8) is 0 Å². The molecule has 2 aromatic rings. The van der Waals surface area contributed by atoms with Crippen molar-refractivity contribution < 1.29 is 24.1 Å². The lowest BCUT2D eigenvalue weighted by Crippen LogP contribution is -2.19. The number of carbonyl (C=O) groups is 1. The first-order valence-electron chi connectivity index (χ1n) is 8.87. The molecule has 144 valence electrons. The van der Waals surface area contributed by atoms with Crippen molar-refractivity contribution >= 4 is 11.5 Å². The molecular weight excluding hydrogens is 344 g/mol. The Hall–Kier alpha value is -2.95. The molecule has 0 radical (unpaired) electrons. The molecule has 0 aliphatic carbocycles. The number of rotatable bonds is 9. The number of benzene rings is 2. The Kier molecular flexibility index (Phi) is 7.74. The van der Waals surface area contributed by atoms with Crippen molar-refractivity contribution in [2.75, 3.05) is 19.8 Å². The third-order valence-electron chi connectivity index (χ3n) is 3.84. The maximum atomic E-state index is 11.8. The van der Waals surface area contributed by atoms with E-state index in [9.17, 15) is 9.90 Å². The normalized spacial score (nSPS) is 12.3. The van der Waals surface area contributed by atoms with Crippen LogP contribution in [-0.4, -0.2) is 30.9 Å². The van der Waals surface area contributed by atoms with E-state index in [4.69, 9.17) is 14.2 Å². The zero-order valence-corrected chi connectivity index (χ0v) is 16.0. The summed E-state index contributed by atoms with van der Waals surface area (Å²) >= 11 is 0. The summed E-state index contributed by atoms with van der Waals surface area (Å²) in [7, 11) is 0. The second-order valence-corrected chi connectivity index (χ2v) is 6.57. The van der Waals surface area contributed by atoms with Crippen molar-refractivity contribution in [3.8, 4) is 11.5 Å². The zero-order valence-electron chi connectivity index (χ0n) is 16.0. The van der Waals surface area contributed by atoms with Gasteiger partial charge in [0, 0.05) is 5.92 Å². The van der Waals surface area contributed by atoms with E-state index in [2.05, 4.69) is 0 Å². The van der Waals surface area contributed by atoms with Gasteiger partial charge in [0.25, 0.3) is 0 Å². The van der Waals surface area contributed by atoms with Crippen LogP contribution in [0.4, 0.5) is 0 Å². The van der Waals surface area contributed by atoms with E-state index >= 15 is 0 Å². The monoisotopic (exact) mass is 370 g/mol. The summed E-state index contributed by atoms with van der Waals surface area (Å²) in [5.74, 6) is 0.666. The van der Waals surface area contributed by atoms with E-state index < -0.39 is 5.97 Å². The molecule has 0 heterocycles. The van der Waals surface area contributed by atoms with Gasteiger partial charge in [-0.15, -0.1) is 0 Å². The van der Waals surface area contributed by atoms with Crippen LogP contribution >= 0.6 is 0 Å². The Morgan fingerprint density at radius 3 is 2.59 bits per heavy atom. The highest BCUT2D eigenvalue weighted by molar-refractivity contribution is 5.71. The van der Waals surface area contributed by atoms with E-state index in [1.807, 2.05) is 45.0 Å². The van der Waals surface area contributed by atoms with Crippen LogP contribution in [0.5, 0.6) is 11.5 Å². The van der Waals surface area contributed by atoms with Crippen LogP contribution in [0.2, 0.25) is 0 Å². The summed E-state index contributed by atoms with van der Waals surface area (Å²) in [6.07, 6.45) is 1.51. The lowest BCUT2D eigenvalue weighted by Gasteiger charge is -2.14. The first-order chi connectivity index (χ1) is 12.9. The molecule has 0 saturated heterocycles. The highest BCUT2D eigenvalue weighted by Gasteiger charge is 2.09. The highest BCUT2D eigenvalue weighted by atomic mass is 16.6. The number of aromatic hydroxyl groups is 1. The molecule has 0 aliphatic heterocycles. The minimum Gasteiger partial charge on any atom is -0.508 e. The zero-order chi connectivity index (χ0) is 19.6. The molecule has 27 heavy (non-hydrogen) atoms. The standard InChI is InChI=1S/C22H26O5/c1-16-5-4-6-21(11-16)26-12-17(2)13-27-22(24)15-25-14-18(3)19-7-9-20(23)10-8-19/h4-11,14,17,23H,12-13,15H2,1-3H3/b18-14+/t17-/m1/s1. The van der Waals surface area contributed by atoms with Crippen LogP contribution in [0, 0.1) is 12.8 Å². The SMILES string of the molecule is C/C(=C\OCC(=O)OC[C@H](C)COc1cccc(C)c1)c1ccc(O)cc1. The van der Waals surface area contributed by atoms with Gasteiger partial charge in [0.1, 0.15) is 11.5 Å². The van der Waals surface area contributed by atoms with Crippen LogP contribution in [0.15, 0.2) is 54.8 Å². The van der Waals surface area contributed by atoms with Crippen LogP contribution in [0.25, 0.3) is 5.57 Å². The Morgan fingerprint density at radius 1 is 1.15 bits per heavy atom. The van der Waals surface area contributed by atoms with Crippen LogP contribution in [-0.2, 0) is 14.3 Å². The van der Waals surface area contributed by atoms with E-state index in [1.165, 1.54) is 6.26 Å². The number of carbonyl (C=O) groups excluding carboxylic acids is 1. The fraction of sp³-hybridized carbons (Fsp3) is 0.318.